The molecule has 0 N–H and O–H groups in total. The van der Waals surface area contributed by atoms with Crippen LogP contribution in [-0.4, -0.2) is 13.1 Å². The minimum Gasteiger partial charge on any atom is -0.469 e. The highest BCUT2D eigenvalue weighted by Crippen LogP contribution is 2.59. The Morgan fingerprint density at radius 1 is 1.50 bits per heavy atom. The zero-order valence-electron chi connectivity index (χ0n) is 8.13. The summed E-state index contributed by atoms with van der Waals surface area (Å²) in [5.41, 5.74) is 0.0968. The van der Waals surface area contributed by atoms with E-state index in [1.165, 1.54) is 7.11 Å². The van der Waals surface area contributed by atoms with Crippen LogP contribution < -0.4 is 0 Å². The van der Waals surface area contributed by atoms with Gasteiger partial charge >= 0.3 is 5.97 Å². The van der Waals surface area contributed by atoms with Gasteiger partial charge in [-0.3, -0.25) is 4.79 Å². The summed E-state index contributed by atoms with van der Waals surface area (Å²) in [6, 6.07) is 0. The average molecular weight is 168 g/mol. The number of rotatable bonds is 2. The van der Waals surface area contributed by atoms with Crippen molar-refractivity contribution in [2.75, 3.05) is 7.11 Å². The first kappa shape index (κ1) is 9.30. The summed E-state index contributed by atoms with van der Waals surface area (Å²) >= 11 is 0. The van der Waals surface area contributed by atoms with Gasteiger partial charge in [-0.1, -0.05) is 26.0 Å². The average Bonchev–Trinajstić information content (AvgIpc) is 2.53. The molecule has 0 spiro atoms. The van der Waals surface area contributed by atoms with Crippen molar-refractivity contribution in [3.63, 3.8) is 0 Å². The number of methoxy groups -OCH3 is 1. The normalized spacial score (nSPS) is 32.0. The Kier molecular flexibility index (Phi) is 2.27. The van der Waals surface area contributed by atoms with Crippen molar-refractivity contribution in [1.29, 1.82) is 0 Å². The number of esters is 1. The third kappa shape index (κ3) is 1.26. The van der Waals surface area contributed by atoms with Crippen molar-refractivity contribution in [1.82, 2.24) is 0 Å². The minimum absolute atomic E-state index is 0.0682. The molecule has 1 fully saturated rings. The van der Waals surface area contributed by atoms with Crippen LogP contribution in [0.25, 0.3) is 0 Å². The van der Waals surface area contributed by atoms with Gasteiger partial charge in [-0.15, -0.1) is 0 Å². The molecular formula is C10H16O2. The second kappa shape index (κ2) is 2.92. The second-order valence-corrected chi connectivity index (χ2v) is 3.87. The highest BCUT2D eigenvalue weighted by molar-refractivity contribution is 5.78. The van der Waals surface area contributed by atoms with E-state index in [1.54, 1.807) is 0 Å². The van der Waals surface area contributed by atoms with Gasteiger partial charge in [0.1, 0.15) is 0 Å². The summed E-state index contributed by atoms with van der Waals surface area (Å²) < 4.78 is 4.71. The van der Waals surface area contributed by atoms with Crippen LogP contribution in [0.4, 0.5) is 0 Å². The highest BCUT2D eigenvalue weighted by Gasteiger charge is 2.60. The van der Waals surface area contributed by atoms with Gasteiger partial charge in [0.15, 0.2) is 0 Å². The van der Waals surface area contributed by atoms with E-state index in [0.717, 1.165) is 0 Å². The second-order valence-electron chi connectivity index (χ2n) is 3.87. The molecule has 2 atom stereocenters. The summed E-state index contributed by atoms with van der Waals surface area (Å²) in [6.45, 7) is 6.17. The first-order valence-corrected chi connectivity index (χ1v) is 4.26. The third-order valence-corrected chi connectivity index (χ3v) is 2.77. The van der Waals surface area contributed by atoms with Gasteiger partial charge in [0.2, 0.25) is 0 Å². The highest BCUT2D eigenvalue weighted by atomic mass is 16.5. The van der Waals surface area contributed by atoms with Gasteiger partial charge in [-0.05, 0) is 18.3 Å². The van der Waals surface area contributed by atoms with Crippen LogP contribution in [-0.2, 0) is 9.53 Å². The van der Waals surface area contributed by atoms with E-state index in [-0.39, 0.29) is 17.3 Å². The van der Waals surface area contributed by atoms with Gasteiger partial charge in [-0.25, -0.2) is 0 Å². The van der Waals surface area contributed by atoms with Crippen molar-refractivity contribution in [2.24, 2.45) is 17.3 Å². The van der Waals surface area contributed by atoms with Crippen LogP contribution in [0.15, 0.2) is 12.2 Å². The molecule has 0 radical (unpaired) electrons. The van der Waals surface area contributed by atoms with Crippen LogP contribution in [0.3, 0.4) is 0 Å². The number of hydrogen-bond donors (Lipinski definition) is 0. The number of carbonyl (C=O) groups excluding carboxylic acids is 1. The monoisotopic (exact) mass is 168 g/mol. The van der Waals surface area contributed by atoms with Gasteiger partial charge in [0, 0.05) is 0 Å². The van der Waals surface area contributed by atoms with E-state index in [4.69, 9.17) is 4.74 Å². The Labute approximate surface area is 73.6 Å². The number of hydrogen-bond acceptors (Lipinski definition) is 2. The molecule has 1 rings (SSSR count). The molecule has 0 bridgehead atoms. The van der Waals surface area contributed by atoms with Crippen molar-refractivity contribution < 1.29 is 9.53 Å². The van der Waals surface area contributed by atoms with Crippen molar-refractivity contribution >= 4 is 5.97 Å². The molecule has 0 saturated heterocycles. The molecule has 1 aliphatic rings. The SMILES string of the molecule is C/C=C\[C@H]1[C@@H](C(=O)OC)C1(C)C. The molecule has 0 aliphatic heterocycles. The first-order valence-electron chi connectivity index (χ1n) is 4.26. The molecule has 2 heteroatoms. The summed E-state index contributed by atoms with van der Waals surface area (Å²) in [5, 5.41) is 0. The zero-order chi connectivity index (χ0) is 9.35. The van der Waals surface area contributed by atoms with E-state index in [2.05, 4.69) is 19.9 Å². The van der Waals surface area contributed by atoms with Crippen molar-refractivity contribution in [2.45, 2.75) is 20.8 Å². The van der Waals surface area contributed by atoms with E-state index >= 15 is 0 Å². The molecule has 1 aliphatic carbocycles. The molecular weight excluding hydrogens is 152 g/mol. The molecule has 0 unspecified atom stereocenters. The molecule has 0 aromatic heterocycles. The number of allylic oxidation sites excluding steroid dienone is 2. The molecule has 0 heterocycles. The van der Waals surface area contributed by atoms with Crippen LogP contribution >= 0.6 is 0 Å². The maximum Gasteiger partial charge on any atom is 0.309 e. The fourth-order valence-electron chi connectivity index (χ4n) is 1.82. The van der Waals surface area contributed by atoms with Gasteiger partial charge in [-0.2, -0.15) is 0 Å². The zero-order valence-corrected chi connectivity index (χ0v) is 8.13. The van der Waals surface area contributed by atoms with E-state index in [0.29, 0.717) is 5.92 Å². The quantitative estimate of drug-likeness (QED) is 0.465. The topological polar surface area (TPSA) is 26.3 Å². The molecule has 0 aromatic carbocycles. The Bertz CT molecular complexity index is 216. The Morgan fingerprint density at radius 2 is 2.08 bits per heavy atom. The van der Waals surface area contributed by atoms with E-state index in [1.807, 2.05) is 13.0 Å². The van der Waals surface area contributed by atoms with Gasteiger partial charge in [0.25, 0.3) is 0 Å². The van der Waals surface area contributed by atoms with Crippen molar-refractivity contribution in [3.05, 3.63) is 12.2 Å². The fourth-order valence-corrected chi connectivity index (χ4v) is 1.82. The predicted octanol–water partition coefficient (Wildman–Crippen LogP) is 2.01. The van der Waals surface area contributed by atoms with Crippen LogP contribution in [0.1, 0.15) is 20.8 Å². The summed E-state index contributed by atoms with van der Waals surface area (Å²) in [4.78, 5) is 11.2. The van der Waals surface area contributed by atoms with Crippen molar-refractivity contribution in [3.8, 4) is 0 Å². The molecule has 12 heavy (non-hydrogen) atoms. The lowest BCUT2D eigenvalue weighted by Gasteiger charge is -1.98. The third-order valence-electron chi connectivity index (χ3n) is 2.77. The predicted molar refractivity (Wildman–Crippen MR) is 47.6 cm³/mol. The molecule has 68 valence electrons. The standard InChI is InChI=1S/C10H16O2/c1-5-6-7-8(9(11)12-4)10(7,2)3/h5-8H,1-4H3/b6-5-/t7-,8-/m0/s1. The number of carbonyl (C=O) groups is 1. The Hall–Kier alpha value is -0.790. The van der Waals surface area contributed by atoms with Crippen LogP contribution in [0, 0.1) is 17.3 Å². The lowest BCUT2D eigenvalue weighted by molar-refractivity contribution is -0.143. The van der Waals surface area contributed by atoms with Crippen LogP contribution in [0.5, 0.6) is 0 Å². The fraction of sp³-hybridized carbons (Fsp3) is 0.700. The van der Waals surface area contributed by atoms with E-state index < -0.39 is 0 Å². The summed E-state index contributed by atoms with van der Waals surface area (Å²) in [5.74, 6) is 0.358. The molecule has 1 saturated carbocycles. The lowest BCUT2D eigenvalue weighted by Crippen LogP contribution is -2.07. The van der Waals surface area contributed by atoms with Crippen LogP contribution in [0.2, 0.25) is 0 Å². The maximum absolute atomic E-state index is 11.2. The number of ether oxygens (including phenoxy) is 1. The van der Waals surface area contributed by atoms with E-state index in [9.17, 15) is 4.79 Å². The first-order chi connectivity index (χ1) is 5.55. The molecule has 0 aromatic rings. The smallest absolute Gasteiger partial charge is 0.309 e. The minimum atomic E-state index is -0.0805. The largest absolute Gasteiger partial charge is 0.469 e. The summed E-state index contributed by atoms with van der Waals surface area (Å²) in [6.07, 6.45) is 4.08. The maximum atomic E-state index is 11.2. The Balaban J connectivity index is 2.66. The molecule has 2 nitrogen and oxygen atoms in total. The van der Waals surface area contributed by atoms with Gasteiger partial charge in [0.05, 0.1) is 13.0 Å². The Morgan fingerprint density at radius 3 is 2.50 bits per heavy atom. The molecule has 0 amide bonds. The lowest BCUT2D eigenvalue weighted by atomic mass is 10.1. The van der Waals surface area contributed by atoms with Gasteiger partial charge < -0.3 is 4.74 Å². The summed E-state index contributed by atoms with van der Waals surface area (Å²) in [7, 11) is 1.45.